The van der Waals surface area contributed by atoms with Crippen LogP contribution in [0.5, 0.6) is 11.5 Å². The van der Waals surface area contributed by atoms with E-state index in [0.29, 0.717) is 12.2 Å². The molecule has 80 valence electrons. The second kappa shape index (κ2) is 5.26. The Hall–Kier alpha value is -1.69. The Morgan fingerprint density at radius 2 is 2.27 bits per heavy atom. The Labute approximate surface area is 89.9 Å². The number of rotatable bonds is 4. The lowest BCUT2D eigenvalue weighted by atomic mass is 9.98. The summed E-state index contributed by atoms with van der Waals surface area (Å²) in [7, 11) is 1.51. The van der Waals surface area contributed by atoms with Gasteiger partial charge in [-0.05, 0) is 30.5 Å². The van der Waals surface area contributed by atoms with E-state index >= 15 is 0 Å². The molecule has 1 N–H and O–H groups in total. The smallest absolute Gasteiger partial charge is 0.160 e. The molecule has 0 heterocycles. The molecular weight excluding hydrogens is 190 g/mol. The van der Waals surface area contributed by atoms with Crippen molar-refractivity contribution in [3.8, 4) is 17.6 Å². The van der Waals surface area contributed by atoms with Crippen LogP contribution in [0.25, 0.3) is 0 Å². The number of nitrogens with zero attached hydrogens (tertiary/aromatic N) is 1. The van der Waals surface area contributed by atoms with Crippen LogP contribution >= 0.6 is 0 Å². The molecule has 1 aromatic carbocycles. The van der Waals surface area contributed by atoms with Gasteiger partial charge in [-0.2, -0.15) is 5.26 Å². The molecule has 1 unspecified atom stereocenters. The number of aromatic hydroxyl groups is 1. The molecule has 1 rings (SSSR count). The van der Waals surface area contributed by atoms with Crippen molar-refractivity contribution in [2.24, 2.45) is 5.92 Å². The van der Waals surface area contributed by atoms with Crippen molar-refractivity contribution >= 4 is 0 Å². The Kier molecular flexibility index (Phi) is 3.99. The van der Waals surface area contributed by atoms with E-state index in [4.69, 9.17) is 10.00 Å². The number of hydrogen-bond donors (Lipinski definition) is 1. The van der Waals surface area contributed by atoms with Gasteiger partial charge in [0.1, 0.15) is 0 Å². The van der Waals surface area contributed by atoms with E-state index in [1.54, 1.807) is 12.1 Å². The van der Waals surface area contributed by atoms with Gasteiger partial charge in [0.15, 0.2) is 11.5 Å². The highest BCUT2D eigenvalue weighted by Crippen LogP contribution is 2.27. The fourth-order valence-corrected chi connectivity index (χ4v) is 1.41. The number of phenols is 1. The van der Waals surface area contributed by atoms with E-state index in [9.17, 15) is 5.11 Å². The molecule has 3 nitrogen and oxygen atoms in total. The Morgan fingerprint density at radius 1 is 1.53 bits per heavy atom. The van der Waals surface area contributed by atoms with Crippen LogP contribution in [0.4, 0.5) is 0 Å². The summed E-state index contributed by atoms with van der Waals surface area (Å²) in [6, 6.07) is 7.43. The molecule has 0 radical (unpaired) electrons. The minimum atomic E-state index is 0.0271. The highest BCUT2D eigenvalue weighted by Gasteiger charge is 2.08. The molecular formula is C12H15NO2. The highest BCUT2D eigenvalue weighted by molar-refractivity contribution is 5.41. The Morgan fingerprint density at radius 3 is 2.80 bits per heavy atom. The van der Waals surface area contributed by atoms with Crippen molar-refractivity contribution in [1.82, 2.24) is 0 Å². The number of phenolic OH excluding ortho intramolecular Hbond substituents is 1. The van der Waals surface area contributed by atoms with Crippen molar-refractivity contribution in [1.29, 1.82) is 5.26 Å². The highest BCUT2D eigenvalue weighted by atomic mass is 16.5. The second-order valence-corrected chi connectivity index (χ2v) is 3.44. The third-order valence-corrected chi connectivity index (χ3v) is 2.40. The van der Waals surface area contributed by atoms with Crippen LogP contribution in [0.15, 0.2) is 18.2 Å². The summed E-state index contributed by atoms with van der Waals surface area (Å²) in [6.07, 6.45) is 1.53. The van der Waals surface area contributed by atoms with E-state index < -0.39 is 0 Å². The third kappa shape index (κ3) is 2.88. The molecule has 1 atom stereocenters. The molecule has 0 saturated carbocycles. The van der Waals surface area contributed by atoms with Crippen molar-refractivity contribution in [3.63, 3.8) is 0 Å². The van der Waals surface area contributed by atoms with Gasteiger partial charge < -0.3 is 9.84 Å². The largest absolute Gasteiger partial charge is 0.504 e. The molecule has 15 heavy (non-hydrogen) atoms. The molecule has 0 amide bonds. The van der Waals surface area contributed by atoms with Gasteiger partial charge >= 0.3 is 0 Å². The lowest BCUT2D eigenvalue weighted by Crippen LogP contribution is -2.00. The van der Waals surface area contributed by atoms with Crippen LogP contribution in [-0.4, -0.2) is 12.2 Å². The molecule has 0 aliphatic carbocycles. The minimum absolute atomic E-state index is 0.0271. The second-order valence-electron chi connectivity index (χ2n) is 3.44. The molecule has 0 aliphatic heterocycles. The quantitative estimate of drug-likeness (QED) is 0.821. The number of benzene rings is 1. The number of ether oxygens (including phenoxy) is 1. The van der Waals surface area contributed by atoms with Crippen LogP contribution in [0, 0.1) is 17.2 Å². The van der Waals surface area contributed by atoms with Gasteiger partial charge in [-0.25, -0.2) is 0 Å². The first-order chi connectivity index (χ1) is 7.21. The van der Waals surface area contributed by atoms with E-state index in [2.05, 4.69) is 6.07 Å². The maximum Gasteiger partial charge on any atom is 0.160 e. The lowest BCUT2D eigenvalue weighted by molar-refractivity contribution is 0.372. The summed E-state index contributed by atoms with van der Waals surface area (Å²) in [5.41, 5.74) is 1.01. The molecule has 0 spiro atoms. The molecule has 0 saturated heterocycles. The summed E-state index contributed by atoms with van der Waals surface area (Å²) in [5, 5.41) is 18.2. The summed E-state index contributed by atoms with van der Waals surface area (Å²) in [4.78, 5) is 0. The molecule has 0 aliphatic rings. The van der Waals surface area contributed by atoms with Gasteiger partial charge in [0, 0.05) is 0 Å². The minimum Gasteiger partial charge on any atom is -0.504 e. The molecule has 1 aromatic rings. The summed E-state index contributed by atoms with van der Waals surface area (Å²) < 4.78 is 5.00. The first-order valence-electron chi connectivity index (χ1n) is 4.96. The average molecular weight is 205 g/mol. The maximum absolute atomic E-state index is 9.39. The molecule has 0 fully saturated rings. The predicted molar refractivity (Wildman–Crippen MR) is 57.8 cm³/mol. The van der Waals surface area contributed by atoms with Crippen LogP contribution in [-0.2, 0) is 6.42 Å². The normalized spacial score (nSPS) is 11.8. The fraction of sp³-hybridized carbons (Fsp3) is 0.417. The zero-order valence-electron chi connectivity index (χ0n) is 9.03. The maximum atomic E-state index is 9.39. The number of methoxy groups -OCH3 is 1. The summed E-state index contributed by atoms with van der Waals surface area (Å²) in [6.45, 7) is 1.99. The van der Waals surface area contributed by atoms with Crippen LogP contribution in [0.2, 0.25) is 0 Å². The van der Waals surface area contributed by atoms with Gasteiger partial charge in [0.25, 0.3) is 0 Å². The average Bonchev–Trinajstić information content (AvgIpc) is 2.28. The third-order valence-electron chi connectivity index (χ3n) is 2.40. The van der Waals surface area contributed by atoms with E-state index in [1.807, 2.05) is 13.0 Å². The van der Waals surface area contributed by atoms with Crippen molar-refractivity contribution in [2.75, 3.05) is 7.11 Å². The van der Waals surface area contributed by atoms with E-state index in [1.165, 1.54) is 7.11 Å². The van der Waals surface area contributed by atoms with E-state index in [0.717, 1.165) is 12.0 Å². The number of nitriles is 1. The number of hydrogen-bond acceptors (Lipinski definition) is 3. The van der Waals surface area contributed by atoms with E-state index in [-0.39, 0.29) is 11.7 Å². The van der Waals surface area contributed by atoms with Gasteiger partial charge in [0.05, 0.1) is 19.1 Å². The predicted octanol–water partition coefficient (Wildman–Crippen LogP) is 2.49. The zero-order chi connectivity index (χ0) is 11.3. The fourth-order valence-electron chi connectivity index (χ4n) is 1.41. The SMILES string of the molecule is CCC(C#N)Cc1ccc(O)c(OC)c1. The standard InChI is InChI=1S/C12H15NO2/c1-3-9(8-13)6-10-4-5-11(14)12(7-10)15-2/h4-5,7,9,14H,3,6H2,1-2H3. The Balaban J connectivity index is 2.83. The van der Waals surface area contributed by atoms with Crippen LogP contribution in [0.3, 0.4) is 0 Å². The lowest BCUT2D eigenvalue weighted by Gasteiger charge is -2.08. The van der Waals surface area contributed by atoms with Crippen molar-refractivity contribution in [2.45, 2.75) is 19.8 Å². The van der Waals surface area contributed by atoms with Crippen molar-refractivity contribution in [3.05, 3.63) is 23.8 Å². The molecule has 3 heteroatoms. The van der Waals surface area contributed by atoms with Crippen LogP contribution in [0.1, 0.15) is 18.9 Å². The van der Waals surface area contributed by atoms with Crippen molar-refractivity contribution < 1.29 is 9.84 Å². The molecule has 0 aromatic heterocycles. The van der Waals surface area contributed by atoms with Gasteiger partial charge in [-0.1, -0.05) is 13.0 Å². The molecule has 0 bridgehead atoms. The summed E-state index contributed by atoms with van der Waals surface area (Å²) >= 11 is 0. The van der Waals surface area contributed by atoms with Gasteiger partial charge in [0.2, 0.25) is 0 Å². The topological polar surface area (TPSA) is 53.2 Å². The van der Waals surface area contributed by atoms with Crippen LogP contribution < -0.4 is 4.74 Å². The monoisotopic (exact) mass is 205 g/mol. The van der Waals surface area contributed by atoms with Gasteiger partial charge in [-0.3, -0.25) is 0 Å². The zero-order valence-corrected chi connectivity index (χ0v) is 9.03. The van der Waals surface area contributed by atoms with Gasteiger partial charge in [-0.15, -0.1) is 0 Å². The first kappa shape index (κ1) is 11.4. The first-order valence-corrected chi connectivity index (χ1v) is 4.96. The summed E-state index contributed by atoms with van der Waals surface area (Å²) in [5.74, 6) is 0.616. The Bertz CT molecular complexity index is 368.